The summed E-state index contributed by atoms with van der Waals surface area (Å²) < 4.78 is 0. The van der Waals surface area contributed by atoms with E-state index < -0.39 is 0 Å². The van der Waals surface area contributed by atoms with Gasteiger partial charge in [0, 0.05) is 30.9 Å². The minimum absolute atomic E-state index is 0.580. The molecule has 1 unspecified atom stereocenters. The van der Waals surface area contributed by atoms with Crippen molar-refractivity contribution in [3.63, 3.8) is 0 Å². The summed E-state index contributed by atoms with van der Waals surface area (Å²) in [5.41, 5.74) is 8.34. The van der Waals surface area contributed by atoms with Gasteiger partial charge in [0.1, 0.15) is 5.82 Å². The van der Waals surface area contributed by atoms with Crippen LogP contribution < -0.4 is 10.6 Å². The van der Waals surface area contributed by atoms with Gasteiger partial charge in [-0.25, -0.2) is 4.98 Å². The summed E-state index contributed by atoms with van der Waals surface area (Å²) in [6, 6.07) is 2.67. The van der Waals surface area contributed by atoms with Crippen molar-refractivity contribution in [1.82, 2.24) is 4.98 Å². The van der Waals surface area contributed by atoms with E-state index in [1.54, 1.807) is 0 Å². The molecule has 0 aliphatic carbocycles. The maximum absolute atomic E-state index is 5.87. The van der Waals surface area contributed by atoms with Crippen LogP contribution >= 0.6 is 0 Å². The number of rotatable bonds is 3. The molecule has 1 fully saturated rings. The number of aromatic nitrogens is 1. The third-order valence-corrected chi connectivity index (χ3v) is 3.81. The van der Waals surface area contributed by atoms with Gasteiger partial charge in [0.15, 0.2) is 0 Å². The highest BCUT2D eigenvalue weighted by atomic mass is 15.2. The molecule has 0 aromatic carbocycles. The minimum Gasteiger partial charge on any atom is -0.353 e. The van der Waals surface area contributed by atoms with Crippen LogP contribution in [-0.2, 0) is 6.54 Å². The molecule has 1 saturated heterocycles. The van der Waals surface area contributed by atoms with E-state index in [9.17, 15) is 0 Å². The second-order valence-electron chi connectivity index (χ2n) is 5.28. The van der Waals surface area contributed by atoms with Crippen molar-refractivity contribution >= 4 is 5.82 Å². The Morgan fingerprint density at radius 1 is 1.53 bits per heavy atom. The van der Waals surface area contributed by atoms with Crippen LogP contribution in [0.4, 0.5) is 5.82 Å². The molecule has 1 aromatic rings. The fourth-order valence-electron chi connectivity index (χ4n) is 2.82. The van der Waals surface area contributed by atoms with Crippen LogP contribution in [0.15, 0.2) is 12.3 Å². The maximum atomic E-state index is 5.87. The highest BCUT2D eigenvalue weighted by Crippen LogP contribution is 2.31. The van der Waals surface area contributed by atoms with Gasteiger partial charge >= 0.3 is 0 Å². The van der Waals surface area contributed by atoms with E-state index in [1.165, 1.54) is 24.0 Å². The topological polar surface area (TPSA) is 42.2 Å². The van der Waals surface area contributed by atoms with Gasteiger partial charge in [-0.15, -0.1) is 0 Å². The van der Waals surface area contributed by atoms with Crippen LogP contribution in [0.3, 0.4) is 0 Å². The number of aryl methyl sites for hydroxylation is 1. The van der Waals surface area contributed by atoms with Crippen LogP contribution in [0, 0.1) is 12.8 Å². The van der Waals surface area contributed by atoms with Crippen molar-refractivity contribution in [2.24, 2.45) is 11.7 Å². The van der Waals surface area contributed by atoms with Crippen molar-refractivity contribution in [1.29, 1.82) is 0 Å². The number of nitrogens with zero attached hydrogens (tertiary/aromatic N) is 2. The minimum atomic E-state index is 0.580. The third kappa shape index (κ3) is 2.29. The summed E-state index contributed by atoms with van der Waals surface area (Å²) in [7, 11) is 0. The fourth-order valence-corrected chi connectivity index (χ4v) is 2.82. The van der Waals surface area contributed by atoms with Gasteiger partial charge in [-0.1, -0.05) is 13.8 Å². The van der Waals surface area contributed by atoms with Gasteiger partial charge in [-0.2, -0.15) is 0 Å². The first-order chi connectivity index (χ1) is 8.15. The molecule has 2 rings (SSSR count). The first-order valence-electron chi connectivity index (χ1n) is 6.56. The standard InChI is InChI=1S/C14H23N3/c1-10(2)13-5-4-8-17(13)14-12(9-15)11(3)6-7-16-14/h6-7,10,13H,4-5,8-9,15H2,1-3H3. The average Bonchev–Trinajstić information content (AvgIpc) is 2.77. The normalized spacial score (nSPS) is 20.3. The zero-order valence-corrected chi connectivity index (χ0v) is 11.1. The van der Waals surface area contributed by atoms with Gasteiger partial charge in [-0.3, -0.25) is 0 Å². The predicted molar refractivity (Wildman–Crippen MR) is 72.1 cm³/mol. The molecule has 2 N–H and O–H groups in total. The summed E-state index contributed by atoms with van der Waals surface area (Å²) in [5, 5.41) is 0. The van der Waals surface area contributed by atoms with E-state index in [-0.39, 0.29) is 0 Å². The molecule has 0 saturated carbocycles. The van der Waals surface area contributed by atoms with Crippen molar-refractivity contribution < 1.29 is 0 Å². The van der Waals surface area contributed by atoms with E-state index in [0.717, 1.165) is 12.4 Å². The molecule has 3 heteroatoms. The zero-order valence-electron chi connectivity index (χ0n) is 11.1. The molecule has 1 atom stereocenters. The summed E-state index contributed by atoms with van der Waals surface area (Å²) in [5.74, 6) is 1.79. The maximum Gasteiger partial charge on any atom is 0.133 e. The van der Waals surface area contributed by atoms with Crippen LogP contribution in [-0.4, -0.2) is 17.6 Å². The largest absolute Gasteiger partial charge is 0.353 e. The lowest BCUT2D eigenvalue weighted by Crippen LogP contribution is -2.35. The van der Waals surface area contributed by atoms with Gasteiger partial charge in [-0.05, 0) is 37.3 Å². The number of anilines is 1. The Bertz CT molecular complexity index is 387. The van der Waals surface area contributed by atoms with Crippen LogP contribution in [0.1, 0.15) is 37.8 Å². The Kier molecular flexibility index (Phi) is 3.67. The fraction of sp³-hybridized carbons (Fsp3) is 0.643. The lowest BCUT2D eigenvalue weighted by atomic mass is 10.0. The summed E-state index contributed by atoms with van der Waals surface area (Å²) in [6.07, 6.45) is 4.44. The predicted octanol–water partition coefficient (Wildman–Crippen LogP) is 2.47. The van der Waals surface area contributed by atoms with E-state index in [0.29, 0.717) is 18.5 Å². The van der Waals surface area contributed by atoms with Gasteiger partial charge in [0.05, 0.1) is 0 Å². The molecule has 1 aliphatic rings. The van der Waals surface area contributed by atoms with Crippen LogP contribution in [0.5, 0.6) is 0 Å². The number of hydrogen-bond donors (Lipinski definition) is 1. The molecule has 3 nitrogen and oxygen atoms in total. The zero-order chi connectivity index (χ0) is 12.4. The van der Waals surface area contributed by atoms with Crippen molar-refractivity contribution in [3.05, 3.63) is 23.4 Å². The monoisotopic (exact) mass is 233 g/mol. The molecular weight excluding hydrogens is 210 g/mol. The Balaban J connectivity index is 2.36. The number of pyridine rings is 1. The van der Waals surface area contributed by atoms with Crippen molar-refractivity contribution in [2.45, 2.75) is 46.2 Å². The highest BCUT2D eigenvalue weighted by molar-refractivity contribution is 5.52. The molecule has 0 amide bonds. The van der Waals surface area contributed by atoms with Gasteiger partial charge < -0.3 is 10.6 Å². The van der Waals surface area contributed by atoms with Crippen LogP contribution in [0.25, 0.3) is 0 Å². The summed E-state index contributed by atoms with van der Waals surface area (Å²) in [6.45, 7) is 8.40. The van der Waals surface area contributed by atoms with E-state index in [2.05, 4.69) is 30.7 Å². The Hall–Kier alpha value is -1.09. The molecule has 1 aromatic heterocycles. The summed E-state index contributed by atoms with van der Waals surface area (Å²) in [4.78, 5) is 7.03. The lowest BCUT2D eigenvalue weighted by molar-refractivity contribution is 0.488. The smallest absolute Gasteiger partial charge is 0.133 e. The van der Waals surface area contributed by atoms with Gasteiger partial charge in [0.25, 0.3) is 0 Å². The van der Waals surface area contributed by atoms with Crippen molar-refractivity contribution in [3.8, 4) is 0 Å². The first kappa shape index (κ1) is 12.4. The molecule has 17 heavy (non-hydrogen) atoms. The first-order valence-corrected chi connectivity index (χ1v) is 6.56. The van der Waals surface area contributed by atoms with Crippen molar-refractivity contribution in [2.75, 3.05) is 11.4 Å². The average molecular weight is 233 g/mol. The lowest BCUT2D eigenvalue weighted by Gasteiger charge is -2.30. The van der Waals surface area contributed by atoms with E-state index in [4.69, 9.17) is 5.73 Å². The van der Waals surface area contributed by atoms with E-state index in [1.807, 2.05) is 12.3 Å². The molecule has 94 valence electrons. The quantitative estimate of drug-likeness (QED) is 0.872. The van der Waals surface area contributed by atoms with E-state index >= 15 is 0 Å². The molecular formula is C14H23N3. The molecule has 0 bridgehead atoms. The molecule has 0 spiro atoms. The SMILES string of the molecule is Cc1ccnc(N2CCCC2C(C)C)c1CN. The number of nitrogens with two attached hydrogens (primary N) is 1. The Morgan fingerprint density at radius 3 is 2.94 bits per heavy atom. The Labute approximate surface area is 104 Å². The molecule has 0 radical (unpaired) electrons. The van der Waals surface area contributed by atoms with Gasteiger partial charge in [0.2, 0.25) is 0 Å². The Morgan fingerprint density at radius 2 is 2.29 bits per heavy atom. The molecule has 1 aliphatic heterocycles. The third-order valence-electron chi connectivity index (χ3n) is 3.81. The summed E-state index contributed by atoms with van der Waals surface area (Å²) >= 11 is 0. The highest BCUT2D eigenvalue weighted by Gasteiger charge is 2.29. The molecule has 2 heterocycles. The number of hydrogen-bond acceptors (Lipinski definition) is 3. The van der Waals surface area contributed by atoms with Crippen LogP contribution in [0.2, 0.25) is 0 Å². The second kappa shape index (κ2) is 5.05. The second-order valence-corrected chi connectivity index (χ2v) is 5.28.